The molecule has 4 heteroatoms. The number of halogens is 1. The number of aromatic nitrogens is 1. The van der Waals surface area contributed by atoms with E-state index < -0.39 is 0 Å². The van der Waals surface area contributed by atoms with Gasteiger partial charge in [0.15, 0.2) is 0 Å². The first-order chi connectivity index (χ1) is 14.2. The van der Waals surface area contributed by atoms with Gasteiger partial charge in [0.25, 0.3) is 0 Å². The van der Waals surface area contributed by atoms with Crippen molar-refractivity contribution < 1.29 is 4.74 Å². The zero-order chi connectivity index (χ0) is 20.2. The standard InChI is InChI=1S/C25H29ClN2O/c1-3-4-20-5-7-21(8-6-20)25-17-22(18-27-13-15-29-16-14-27)19(2)28(25)24-11-9-23(26)10-12-24/h5-12,17H,3-4,13-16,18H2,1-2H3. The molecule has 3 nitrogen and oxygen atoms in total. The number of hydrogen-bond acceptors (Lipinski definition) is 2. The smallest absolute Gasteiger partial charge is 0.0594 e. The molecule has 0 aliphatic carbocycles. The molecule has 29 heavy (non-hydrogen) atoms. The Morgan fingerprint density at radius 2 is 1.66 bits per heavy atom. The van der Waals surface area contributed by atoms with Crippen LogP contribution in [0.5, 0.6) is 0 Å². The Bertz CT molecular complexity index is 938. The van der Waals surface area contributed by atoms with E-state index in [1.807, 2.05) is 12.1 Å². The average Bonchev–Trinajstić information content (AvgIpc) is 3.06. The molecular weight excluding hydrogens is 380 g/mol. The Morgan fingerprint density at radius 3 is 2.31 bits per heavy atom. The first kappa shape index (κ1) is 20.2. The van der Waals surface area contributed by atoms with E-state index in [2.05, 4.69) is 65.8 Å². The van der Waals surface area contributed by atoms with Crippen molar-refractivity contribution >= 4 is 11.6 Å². The SMILES string of the molecule is CCCc1ccc(-c2cc(CN3CCOCC3)c(C)n2-c2ccc(Cl)cc2)cc1. The van der Waals surface area contributed by atoms with Crippen molar-refractivity contribution in [3.63, 3.8) is 0 Å². The Balaban J connectivity index is 1.74. The van der Waals surface area contributed by atoms with E-state index in [1.54, 1.807) is 0 Å². The average molecular weight is 409 g/mol. The number of aryl methyl sites for hydroxylation is 1. The van der Waals surface area contributed by atoms with Gasteiger partial charge < -0.3 is 9.30 Å². The van der Waals surface area contributed by atoms with E-state index in [-0.39, 0.29) is 0 Å². The third kappa shape index (κ3) is 4.58. The Labute approximate surface area is 178 Å². The van der Waals surface area contributed by atoms with Gasteiger partial charge in [-0.2, -0.15) is 0 Å². The maximum Gasteiger partial charge on any atom is 0.0594 e. The van der Waals surface area contributed by atoms with Crippen LogP contribution in [0.4, 0.5) is 0 Å². The van der Waals surface area contributed by atoms with Crippen LogP contribution < -0.4 is 0 Å². The van der Waals surface area contributed by atoms with Crippen LogP contribution in [0.1, 0.15) is 30.2 Å². The topological polar surface area (TPSA) is 17.4 Å². The molecule has 0 atom stereocenters. The van der Waals surface area contributed by atoms with Crippen LogP contribution in [0.15, 0.2) is 54.6 Å². The summed E-state index contributed by atoms with van der Waals surface area (Å²) >= 11 is 6.15. The molecule has 0 saturated carbocycles. The van der Waals surface area contributed by atoms with Crippen LogP contribution in [-0.2, 0) is 17.7 Å². The Hall–Kier alpha value is -2.07. The van der Waals surface area contributed by atoms with Crippen LogP contribution in [0.3, 0.4) is 0 Å². The number of nitrogens with zero attached hydrogens (tertiary/aromatic N) is 2. The molecule has 0 amide bonds. The van der Waals surface area contributed by atoms with Crippen molar-refractivity contribution in [3.8, 4) is 16.9 Å². The second kappa shape index (κ2) is 9.17. The molecule has 152 valence electrons. The summed E-state index contributed by atoms with van der Waals surface area (Å²) in [7, 11) is 0. The zero-order valence-electron chi connectivity index (χ0n) is 17.3. The monoisotopic (exact) mass is 408 g/mol. The largest absolute Gasteiger partial charge is 0.379 e. The Kier molecular flexibility index (Phi) is 6.39. The molecule has 1 fully saturated rings. The van der Waals surface area contributed by atoms with Gasteiger partial charge in [-0.3, -0.25) is 4.90 Å². The first-order valence-electron chi connectivity index (χ1n) is 10.5. The molecule has 3 aromatic rings. The summed E-state index contributed by atoms with van der Waals surface area (Å²) in [4.78, 5) is 2.48. The van der Waals surface area contributed by atoms with Gasteiger partial charge in [-0.15, -0.1) is 0 Å². The van der Waals surface area contributed by atoms with E-state index in [0.717, 1.165) is 50.0 Å². The summed E-state index contributed by atoms with van der Waals surface area (Å²) in [5.41, 5.74) is 7.67. The predicted molar refractivity (Wildman–Crippen MR) is 121 cm³/mol. The lowest BCUT2D eigenvalue weighted by atomic mass is 10.1. The first-order valence-corrected chi connectivity index (χ1v) is 10.9. The van der Waals surface area contributed by atoms with Gasteiger partial charge in [0.2, 0.25) is 0 Å². The lowest BCUT2D eigenvalue weighted by Crippen LogP contribution is -2.35. The summed E-state index contributed by atoms with van der Waals surface area (Å²) in [5.74, 6) is 0. The summed E-state index contributed by atoms with van der Waals surface area (Å²) < 4.78 is 7.88. The summed E-state index contributed by atoms with van der Waals surface area (Å²) in [6.07, 6.45) is 2.29. The number of ether oxygens (including phenoxy) is 1. The zero-order valence-corrected chi connectivity index (χ0v) is 18.1. The van der Waals surface area contributed by atoms with Crippen LogP contribution >= 0.6 is 11.6 Å². The van der Waals surface area contributed by atoms with Gasteiger partial charge in [-0.1, -0.05) is 49.2 Å². The number of benzene rings is 2. The molecule has 2 heterocycles. The number of rotatable bonds is 6. The van der Waals surface area contributed by atoms with Crippen molar-refractivity contribution in [2.45, 2.75) is 33.2 Å². The second-order valence-corrected chi connectivity index (χ2v) is 8.22. The minimum Gasteiger partial charge on any atom is -0.379 e. The lowest BCUT2D eigenvalue weighted by Gasteiger charge is -2.26. The molecule has 1 aromatic heterocycles. The molecule has 2 aromatic carbocycles. The fraction of sp³-hybridized carbons (Fsp3) is 0.360. The molecule has 4 rings (SSSR count). The molecule has 0 bridgehead atoms. The summed E-state index contributed by atoms with van der Waals surface area (Å²) in [6.45, 7) is 9.03. The molecule has 1 aliphatic heterocycles. The molecule has 0 radical (unpaired) electrons. The van der Waals surface area contributed by atoms with Gasteiger partial charge in [0.05, 0.1) is 18.9 Å². The molecule has 1 aliphatic rings. The van der Waals surface area contributed by atoms with Gasteiger partial charge in [0.1, 0.15) is 0 Å². The van der Waals surface area contributed by atoms with Crippen LogP contribution in [0.2, 0.25) is 5.02 Å². The van der Waals surface area contributed by atoms with Crippen molar-refractivity contribution in [3.05, 3.63) is 76.4 Å². The minimum absolute atomic E-state index is 0.762. The van der Waals surface area contributed by atoms with Crippen molar-refractivity contribution in [1.82, 2.24) is 9.47 Å². The molecule has 0 spiro atoms. The maximum absolute atomic E-state index is 6.15. The highest BCUT2D eigenvalue weighted by Crippen LogP contribution is 2.31. The van der Waals surface area contributed by atoms with Crippen LogP contribution in [0, 0.1) is 6.92 Å². The summed E-state index contributed by atoms with van der Waals surface area (Å²) in [5, 5.41) is 0.762. The summed E-state index contributed by atoms with van der Waals surface area (Å²) in [6, 6.07) is 19.5. The van der Waals surface area contributed by atoms with E-state index in [1.165, 1.54) is 34.5 Å². The van der Waals surface area contributed by atoms with Gasteiger partial charge in [-0.25, -0.2) is 0 Å². The molecular formula is C25H29ClN2O. The lowest BCUT2D eigenvalue weighted by molar-refractivity contribution is 0.0341. The fourth-order valence-corrected chi connectivity index (χ4v) is 4.21. The van der Waals surface area contributed by atoms with E-state index in [4.69, 9.17) is 16.3 Å². The van der Waals surface area contributed by atoms with Gasteiger partial charge >= 0.3 is 0 Å². The van der Waals surface area contributed by atoms with E-state index >= 15 is 0 Å². The van der Waals surface area contributed by atoms with E-state index in [0.29, 0.717) is 0 Å². The van der Waals surface area contributed by atoms with Crippen LogP contribution in [0.25, 0.3) is 16.9 Å². The number of morpholine rings is 1. The highest BCUT2D eigenvalue weighted by atomic mass is 35.5. The third-order valence-electron chi connectivity index (χ3n) is 5.72. The van der Waals surface area contributed by atoms with Crippen molar-refractivity contribution in [2.75, 3.05) is 26.3 Å². The maximum atomic E-state index is 6.15. The molecule has 0 N–H and O–H groups in total. The van der Waals surface area contributed by atoms with Crippen molar-refractivity contribution in [1.29, 1.82) is 0 Å². The van der Waals surface area contributed by atoms with Gasteiger partial charge in [0, 0.05) is 36.0 Å². The third-order valence-corrected chi connectivity index (χ3v) is 5.97. The van der Waals surface area contributed by atoms with Crippen molar-refractivity contribution in [2.24, 2.45) is 0 Å². The minimum atomic E-state index is 0.762. The quantitative estimate of drug-likeness (QED) is 0.505. The Morgan fingerprint density at radius 1 is 0.966 bits per heavy atom. The van der Waals surface area contributed by atoms with Crippen LogP contribution in [-0.4, -0.2) is 35.8 Å². The van der Waals surface area contributed by atoms with E-state index in [9.17, 15) is 0 Å². The fourth-order valence-electron chi connectivity index (χ4n) is 4.08. The normalized spacial score (nSPS) is 15.0. The molecule has 1 saturated heterocycles. The highest BCUT2D eigenvalue weighted by molar-refractivity contribution is 6.30. The highest BCUT2D eigenvalue weighted by Gasteiger charge is 2.18. The number of hydrogen-bond donors (Lipinski definition) is 0. The second-order valence-electron chi connectivity index (χ2n) is 7.79. The van der Waals surface area contributed by atoms with Gasteiger partial charge in [-0.05, 0) is 60.4 Å². The predicted octanol–water partition coefficient (Wildman–Crippen LogP) is 5.89. The molecule has 0 unspecified atom stereocenters.